The van der Waals surface area contributed by atoms with E-state index in [0.717, 1.165) is 45.7 Å². The lowest BCUT2D eigenvalue weighted by Crippen LogP contribution is -2.24. The van der Waals surface area contributed by atoms with Gasteiger partial charge in [0.05, 0.1) is 23.5 Å². The highest BCUT2D eigenvalue weighted by Crippen LogP contribution is 2.35. The van der Waals surface area contributed by atoms with Gasteiger partial charge in [0.1, 0.15) is 19.2 Å². The number of hydrogen-bond acceptors (Lipinski definition) is 8. The molecule has 0 radical (unpaired) electrons. The van der Waals surface area contributed by atoms with E-state index in [1.165, 1.54) is 6.07 Å². The van der Waals surface area contributed by atoms with E-state index < -0.39 is 40.1 Å². The number of benzene rings is 2. The van der Waals surface area contributed by atoms with Crippen LogP contribution in [-0.2, 0) is 50.7 Å². The lowest BCUT2D eigenvalue weighted by atomic mass is 9.96. The SMILES string of the molecule is CCc1cc(OCOCC[Si](C)(C)C)c(F)cc1-c1ccc2c(-c3nc(CNS(=O)(=O)CC)cn3COCC[Si](C)(C)C)nn(COCC[Si](C)(C)C)c2c1. The van der Waals surface area contributed by atoms with Crippen LogP contribution in [0.1, 0.15) is 25.1 Å². The second-order valence-corrected chi connectivity index (χ2v) is 36.8. The monoisotopic (exact) mass is 833 g/mol. The number of hydrogen-bond donors (Lipinski definition) is 1. The topological polar surface area (TPSA) is 119 Å². The van der Waals surface area contributed by atoms with E-state index in [1.54, 1.807) is 13.0 Å². The summed E-state index contributed by atoms with van der Waals surface area (Å²) in [4.78, 5) is 4.90. The van der Waals surface area contributed by atoms with Crippen molar-refractivity contribution in [2.45, 2.75) is 117 Å². The maximum absolute atomic E-state index is 15.6. The number of imidazole rings is 1. The van der Waals surface area contributed by atoms with E-state index in [9.17, 15) is 8.42 Å². The average molecular weight is 834 g/mol. The predicted octanol–water partition coefficient (Wildman–Crippen LogP) is 9.02. The fraction of sp³-hybridized carbons (Fsp3) is 0.590. The van der Waals surface area contributed by atoms with Crippen molar-refractivity contribution in [3.8, 4) is 28.4 Å². The largest absolute Gasteiger partial charge is 0.464 e. The molecule has 4 rings (SSSR count). The van der Waals surface area contributed by atoms with E-state index in [2.05, 4.69) is 63.6 Å². The number of aromatic nitrogens is 4. The summed E-state index contributed by atoms with van der Waals surface area (Å²) in [6, 6.07) is 12.3. The summed E-state index contributed by atoms with van der Waals surface area (Å²) in [5.41, 5.74) is 4.53. The molecule has 0 atom stereocenters. The Balaban J connectivity index is 1.73. The molecule has 0 saturated carbocycles. The third-order valence-electron chi connectivity index (χ3n) is 9.22. The van der Waals surface area contributed by atoms with E-state index in [4.69, 9.17) is 29.0 Å². The van der Waals surface area contributed by atoms with E-state index >= 15 is 4.39 Å². The molecule has 2 aromatic heterocycles. The van der Waals surface area contributed by atoms with Crippen molar-refractivity contribution in [2.75, 3.05) is 32.4 Å². The minimum Gasteiger partial charge on any atom is -0.464 e. The fourth-order valence-corrected chi connectivity index (χ4v) is 8.46. The normalized spacial score (nSPS) is 12.9. The Kier molecular flexibility index (Phi) is 15.7. The molecule has 4 aromatic rings. The van der Waals surface area contributed by atoms with Gasteiger partial charge in [-0.25, -0.2) is 27.2 Å². The first kappa shape index (κ1) is 45.0. The van der Waals surface area contributed by atoms with E-state index in [-0.39, 0.29) is 38.3 Å². The molecule has 306 valence electrons. The molecule has 0 saturated heterocycles. The van der Waals surface area contributed by atoms with E-state index in [0.29, 0.717) is 43.5 Å². The number of ether oxygens (including phenoxy) is 4. The molecule has 0 bridgehead atoms. The molecule has 16 heteroatoms. The number of fused-ring (bicyclic) bond motifs is 1. The van der Waals surface area contributed by atoms with Crippen LogP contribution in [0.3, 0.4) is 0 Å². The smallest absolute Gasteiger partial charge is 0.211 e. The lowest BCUT2D eigenvalue weighted by Gasteiger charge is -2.16. The Bertz CT molecular complexity index is 1980. The van der Waals surface area contributed by atoms with Gasteiger partial charge in [-0.1, -0.05) is 71.9 Å². The highest BCUT2D eigenvalue weighted by Gasteiger charge is 2.22. The summed E-state index contributed by atoms with van der Waals surface area (Å²) in [6.45, 7) is 26.7. The van der Waals surface area contributed by atoms with Crippen molar-refractivity contribution in [1.82, 2.24) is 24.1 Å². The first-order valence-corrected chi connectivity index (χ1v) is 32.2. The molecule has 1 N–H and O–H groups in total. The fourth-order valence-electron chi connectivity index (χ4n) is 5.61. The maximum Gasteiger partial charge on any atom is 0.211 e. The summed E-state index contributed by atoms with van der Waals surface area (Å²) in [7, 11) is -7.32. The standard InChI is InChI=1S/C39H64FN5O6SSi3/c1-12-30-23-37(51-29-50-18-21-55(9,10)11)35(40)24-34(30)31-14-15-33-36(22-31)45(28-49-17-20-54(6,7)8)43-38(33)39-42-32(25-41-52(46,47)13-2)26-44(39)27-48-16-19-53(3,4)5/h14-15,22-24,26,41H,12-13,16-21,25,27-29H2,1-11H3. The average Bonchev–Trinajstić information content (AvgIpc) is 3.67. The van der Waals surface area contributed by atoms with Gasteiger partial charge in [0.2, 0.25) is 10.0 Å². The van der Waals surface area contributed by atoms with Crippen LogP contribution < -0.4 is 9.46 Å². The van der Waals surface area contributed by atoms with Crippen LogP contribution in [0.5, 0.6) is 5.75 Å². The molecule has 11 nitrogen and oxygen atoms in total. The Morgan fingerprint density at radius 3 is 2.04 bits per heavy atom. The number of sulfonamides is 1. The maximum atomic E-state index is 15.6. The van der Waals surface area contributed by atoms with Crippen LogP contribution >= 0.6 is 0 Å². The first-order valence-electron chi connectivity index (χ1n) is 19.4. The van der Waals surface area contributed by atoms with Crippen LogP contribution in [0.25, 0.3) is 33.5 Å². The second-order valence-electron chi connectivity index (χ2n) is 17.8. The molecule has 0 aliphatic heterocycles. The van der Waals surface area contributed by atoms with Gasteiger partial charge in [0.25, 0.3) is 0 Å². The molecule has 0 aliphatic carbocycles. The number of nitrogens with one attached hydrogen (secondary N) is 1. The molecule has 2 aromatic carbocycles. The first-order chi connectivity index (χ1) is 25.7. The van der Waals surface area contributed by atoms with Crippen molar-refractivity contribution in [1.29, 1.82) is 0 Å². The number of halogens is 1. The van der Waals surface area contributed by atoms with Crippen LogP contribution in [0.2, 0.25) is 77.1 Å². The molecule has 0 fully saturated rings. The molecule has 0 spiro atoms. The highest BCUT2D eigenvalue weighted by atomic mass is 32.2. The zero-order chi connectivity index (χ0) is 40.6. The Morgan fingerprint density at radius 1 is 0.818 bits per heavy atom. The van der Waals surface area contributed by atoms with E-state index in [1.807, 2.05) is 40.6 Å². The van der Waals surface area contributed by atoms with Gasteiger partial charge >= 0.3 is 0 Å². The molecule has 0 aliphatic rings. The summed E-state index contributed by atoms with van der Waals surface area (Å²) in [6.07, 6.45) is 2.49. The van der Waals surface area contributed by atoms with Crippen molar-refractivity contribution in [3.63, 3.8) is 0 Å². The van der Waals surface area contributed by atoms with Gasteiger partial charge in [0.15, 0.2) is 24.2 Å². The van der Waals surface area contributed by atoms with Crippen LogP contribution in [0, 0.1) is 5.82 Å². The van der Waals surface area contributed by atoms with Gasteiger partial charge in [-0.2, -0.15) is 5.10 Å². The summed E-state index contributed by atoms with van der Waals surface area (Å²) < 4.78 is 70.4. The lowest BCUT2D eigenvalue weighted by molar-refractivity contribution is 0.0197. The van der Waals surface area contributed by atoms with Gasteiger partial charge in [0, 0.05) is 55.6 Å². The van der Waals surface area contributed by atoms with Crippen molar-refractivity contribution in [2.24, 2.45) is 0 Å². The Labute approximate surface area is 331 Å². The van der Waals surface area contributed by atoms with Gasteiger partial charge < -0.3 is 23.5 Å². The summed E-state index contributed by atoms with van der Waals surface area (Å²) >= 11 is 0. The molecule has 0 amide bonds. The third kappa shape index (κ3) is 14.0. The van der Waals surface area contributed by atoms with Crippen LogP contribution in [-0.4, -0.2) is 84.3 Å². The minimum atomic E-state index is -3.43. The quantitative estimate of drug-likeness (QED) is 0.0447. The number of rotatable bonds is 23. The third-order valence-corrected chi connectivity index (χ3v) is 15.7. The van der Waals surface area contributed by atoms with Crippen LogP contribution in [0.15, 0.2) is 36.5 Å². The van der Waals surface area contributed by atoms with Crippen molar-refractivity contribution < 1.29 is 31.8 Å². The molecule has 2 heterocycles. The minimum absolute atomic E-state index is 0.000830. The summed E-state index contributed by atoms with van der Waals surface area (Å²) in [5.74, 6) is 0.259. The van der Waals surface area contributed by atoms with Crippen molar-refractivity contribution in [3.05, 3.63) is 53.6 Å². The Morgan fingerprint density at radius 2 is 1.44 bits per heavy atom. The molecular formula is C39H64FN5O6SSi3. The molecule has 0 unspecified atom stereocenters. The van der Waals surface area contributed by atoms with Crippen molar-refractivity contribution >= 4 is 45.1 Å². The zero-order valence-corrected chi connectivity index (χ0v) is 38.8. The summed E-state index contributed by atoms with van der Waals surface area (Å²) in [5, 5.41) is 5.89. The van der Waals surface area contributed by atoms with Gasteiger partial charge in [-0.3, -0.25) is 0 Å². The Hall–Kier alpha value is -2.71. The van der Waals surface area contributed by atoms with Crippen LogP contribution in [0.4, 0.5) is 4.39 Å². The molecule has 55 heavy (non-hydrogen) atoms. The zero-order valence-electron chi connectivity index (χ0n) is 35.0. The second kappa shape index (κ2) is 19.2. The number of nitrogens with zero attached hydrogens (tertiary/aromatic N) is 4. The van der Waals surface area contributed by atoms with Gasteiger partial charge in [-0.05, 0) is 72.4 Å². The highest BCUT2D eigenvalue weighted by molar-refractivity contribution is 7.89. The van der Waals surface area contributed by atoms with Gasteiger partial charge in [-0.15, -0.1) is 0 Å². The molecular weight excluding hydrogens is 770 g/mol. The predicted molar refractivity (Wildman–Crippen MR) is 230 cm³/mol. The number of aryl methyl sites for hydroxylation is 1.